The Morgan fingerprint density at radius 3 is 2.74 bits per heavy atom. The third-order valence-corrected chi connectivity index (χ3v) is 2.96. The normalized spacial score (nSPS) is 10.1. The van der Waals surface area contributed by atoms with E-state index in [0.29, 0.717) is 5.01 Å². The number of amides is 1. The number of thiazole rings is 1. The van der Waals surface area contributed by atoms with Crippen molar-refractivity contribution in [3.05, 3.63) is 34.2 Å². The van der Waals surface area contributed by atoms with Gasteiger partial charge in [-0.05, 0) is 0 Å². The molecule has 0 unspecified atom stereocenters. The average molecular weight is 279 g/mol. The van der Waals surface area contributed by atoms with Crippen LogP contribution in [0.15, 0.2) is 17.8 Å². The Balaban J connectivity index is 2.10. The number of anilines is 1. The minimum atomic E-state index is -1.08. The molecule has 2 heterocycles. The van der Waals surface area contributed by atoms with Gasteiger partial charge in [0.25, 0.3) is 5.91 Å². The quantitative estimate of drug-likeness (QED) is 0.719. The van der Waals surface area contributed by atoms with E-state index in [2.05, 4.69) is 20.3 Å². The topological polar surface area (TPSA) is 131 Å². The number of primary amides is 1. The fourth-order valence-electron chi connectivity index (χ4n) is 1.30. The van der Waals surface area contributed by atoms with E-state index in [1.165, 1.54) is 29.1 Å². The van der Waals surface area contributed by atoms with E-state index in [-0.39, 0.29) is 23.8 Å². The van der Waals surface area contributed by atoms with Crippen molar-refractivity contribution in [1.82, 2.24) is 15.0 Å². The minimum absolute atomic E-state index is 0.0175. The van der Waals surface area contributed by atoms with Gasteiger partial charge in [-0.1, -0.05) is 0 Å². The molecule has 0 radical (unpaired) electrons. The van der Waals surface area contributed by atoms with Crippen LogP contribution in [0.3, 0.4) is 0 Å². The number of nitrogens with one attached hydrogen (secondary N) is 1. The van der Waals surface area contributed by atoms with Gasteiger partial charge in [0, 0.05) is 17.8 Å². The fourth-order valence-corrected chi connectivity index (χ4v) is 2.01. The number of carboxylic acids is 1. The smallest absolute Gasteiger partial charge is 0.355 e. The second kappa shape index (κ2) is 5.40. The summed E-state index contributed by atoms with van der Waals surface area (Å²) in [6.45, 7) is 0.233. The SMILES string of the molecule is NC(=O)c1nccnc1NCc1nc(C(=O)O)cs1. The number of nitrogens with zero attached hydrogens (tertiary/aromatic N) is 3. The van der Waals surface area contributed by atoms with Gasteiger partial charge in [0.05, 0.1) is 6.54 Å². The highest BCUT2D eigenvalue weighted by molar-refractivity contribution is 7.09. The first-order valence-corrected chi connectivity index (χ1v) is 5.98. The molecule has 2 aromatic rings. The number of carbonyl (C=O) groups excluding carboxylic acids is 1. The molecule has 0 atom stereocenters. The molecule has 2 rings (SSSR count). The molecule has 4 N–H and O–H groups in total. The van der Waals surface area contributed by atoms with Crippen LogP contribution in [-0.4, -0.2) is 31.9 Å². The first kappa shape index (κ1) is 12.9. The van der Waals surface area contributed by atoms with Gasteiger partial charge < -0.3 is 16.2 Å². The average Bonchev–Trinajstić information content (AvgIpc) is 2.85. The number of rotatable bonds is 5. The molecular formula is C10H9N5O3S. The number of aromatic carboxylic acids is 1. The van der Waals surface area contributed by atoms with Crippen LogP contribution in [0, 0.1) is 0 Å². The zero-order valence-electron chi connectivity index (χ0n) is 9.53. The lowest BCUT2D eigenvalue weighted by molar-refractivity contribution is 0.0691. The largest absolute Gasteiger partial charge is 0.476 e. The summed E-state index contributed by atoms with van der Waals surface area (Å²) in [4.78, 5) is 33.4. The zero-order chi connectivity index (χ0) is 13.8. The third-order valence-electron chi connectivity index (χ3n) is 2.11. The van der Waals surface area contributed by atoms with Crippen LogP contribution in [0.4, 0.5) is 5.82 Å². The highest BCUT2D eigenvalue weighted by Crippen LogP contribution is 2.13. The summed E-state index contributed by atoms with van der Waals surface area (Å²) in [6, 6.07) is 0. The molecule has 0 saturated carbocycles. The van der Waals surface area contributed by atoms with E-state index in [4.69, 9.17) is 10.8 Å². The number of carbonyl (C=O) groups is 2. The van der Waals surface area contributed by atoms with Crippen molar-refractivity contribution in [1.29, 1.82) is 0 Å². The molecule has 1 amide bonds. The summed E-state index contributed by atoms with van der Waals surface area (Å²) >= 11 is 1.19. The van der Waals surface area contributed by atoms with Crippen LogP contribution < -0.4 is 11.1 Å². The van der Waals surface area contributed by atoms with Crippen molar-refractivity contribution in [2.24, 2.45) is 5.73 Å². The molecule has 9 heteroatoms. The number of nitrogens with two attached hydrogens (primary N) is 1. The van der Waals surface area contributed by atoms with Crippen LogP contribution in [0.5, 0.6) is 0 Å². The Bertz CT molecular complexity index is 627. The first-order chi connectivity index (χ1) is 9.08. The second-order valence-corrected chi connectivity index (χ2v) is 4.35. The summed E-state index contributed by atoms with van der Waals surface area (Å²) in [7, 11) is 0. The van der Waals surface area contributed by atoms with Gasteiger partial charge in [-0.2, -0.15) is 0 Å². The lowest BCUT2D eigenvalue weighted by Crippen LogP contribution is -2.17. The molecular weight excluding hydrogens is 270 g/mol. The van der Waals surface area contributed by atoms with Crippen LogP contribution >= 0.6 is 11.3 Å². The van der Waals surface area contributed by atoms with E-state index < -0.39 is 11.9 Å². The number of aromatic nitrogens is 3. The van der Waals surface area contributed by atoms with Crippen LogP contribution in [0.1, 0.15) is 26.0 Å². The molecule has 0 fully saturated rings. The summed E-state index contributed by atoms with van der Waals surface area (Å²) < 4.78 is 0. The molecule has 0 aromatic carbocycles. The zero-order valence-corrected chi connectivity index (χ0v) is 10.3. The van der Waals surface area contributed by atoms with Crippen molar-refractivity contribution in [2.75, 3.05) is 5.32 Å². The maximum Gasteiger partial charge on any atom is 0.355 e. The van der Waals surface area contributed by atoms with E-state index in [9.17, 15) is 9.59 Å². The van der Waals surface area contributed by atoms with Gasteiger partial charge in [-0.25, -0.2) is 19.7 Å². The monoisotopic (exact) mass is 279 g/mol. The van der Waals surface area contributed by atoms with Gasteiger partial charge in [0.15, 0.2) is 17.2 Å². The summed E-state index contributed by atoms with van der Waals surface area (Å²) in [5, 5.41) is 13.6. The third kappa shape index (κ3) is 3.01. The van der Waals surface area contributed by atoms with Crippen LogP contribution in [-0.2, 0) is 6.54 Å². The second-order valence-electron chi connectivity index (χ2n) is 3.40. The standard InChI is InChI=1S/C10H9N5O3S/c11-8(16)7-9(13-2-1-12-7)14-3-6-15-5(4-19-6)10(17)18/h1-2,4H,3H2,(H2,11,16)(H,13,14)(H,17,18). The van der Waals surface area contributed by atoms with E-state index in [0.717, 1.165) is 0 Å². The Morgan fingerprint density at radius 1 is 1.37 bits per heavy atom. The van der Waals surface area contributed by atoms with Crippen molar-refractivity contribution in [3.8, 4) is 0 Å². The molecule has 0 aliphatic rings. The summed E-state index contributed by atoms with van der Waals surface area (Å²) in [5.74, 6) is -1.54. The molecule has 98 valence electrons. The predicted octanol–water partition coefficient (Wildman–Crippen LogP) is 0.342. The number of hydrogen-bond donors (Lipinski definition) is 3. The lowest BCUT2D eigenvalue weighted by Gasteiger charge is -2.05. The number of hydrogen-bond acceptors (Lipinski definition) is 7. The highest BCUT2D eigenvalue weighted by Gasteiger charge is 2.12. The Hall–Kier alpha value is -2.55. The molecule has 0 aliphatic carbocycles. The van der Waals surface area contributed by atoms with E-state index in [1.54, 1.807) is 0 Å². The minimum Gasteiger partial charge on any atom is -0.476 e. The maximum absolute atomic E-state index is 11.1. The Labute approximate surface area is 111 Å². The molecule has 8 nitrogen and oxygen atoms in total. The van der Waals surface area contributed by atoms with Crippen molar-refractivity contribution in [2.45, 2.75) is 6.54 Å². The number of carboxylic acid groups (broad SMARTS) is 1. The van der Waals surface area contributed by atoms with Crippen molar-refractivity contribution >= 4 is 29.0 Å². The molecule has 0 bridgehead atoms. The highest BCUT2D eigenvalue weighted by atomic mass is 32.1. The van der Waals surface area contributed by atoms with Crippen molar-refractivity contribution in [3.63, 3.8) is 0 Å². The van der Waals surface area contributed by atoms with Gasteiger partial charge in [0.2, 0.25) is 0 Å². The first-order valence-electron chi connectivity index (χ1n) is 5.10. The summed E-state index contributed by atoms with van der Waals surface area (Å²) in [5.41, 5.74) is 5.16. The summed E-state index contributed by atoms with van der Waals surface area (Å²) in [6.07, 6.45) is 2.77. The van der Waals surface area contributed by atoms with Crippen molar-refractivity contribution < 1.29 is 14.7 Å². The predicted molar refractivity (Wildman–Crippen MR) is 66.9 cm³/mol. The Kier molecular flexibility index (Phi) is 3.66. The van der Waals surface area contributed by atoms with Gasteiger partial charge in [-0.15, -0.1) is 11.3 Å². The van der Waals surface area contributed by atoms with Gasteiger partial charge in [-0.3, -0.25) is 4.79 Å². The molecule has 0 aliphatic heterocycles. The van der Waals surface area contributed by atoms with E-state index >= 15 is 0 Å². The van der Waals surface area contributed by atoms with Gasteiger partial charge >= 0.3 is 5.97 Å². The molecule has 0 spiro atoms. The molecule has 0 saturated heterocycles. The van der Waals surface area contributed by atoms with Gasteiger partial charge in [0.1, 0.15) is 5.01 Å². The molecule has 19 heavy (non-hydrogen) atoms. The van der Waals surface area contributed by atoms with Crippen LogP contribution in [0.2, 0.25) is 0 Å². The fraction of sp³-hybridized carbons (Fsp3) is 0.100. The Morgan fingerprint density at radius 2 is 2.11 bits per heavy atom. The van der Waals surface area contributed by atoms with E-state index in [1.807, 2.05) is 0 Å². The maximum atomic E-state index is 11.1. The van der Waals surface area contributed by atoms with Crippen LogP contribution in [0.25, 0.3) is 0 Å². The molecule has 2 aromatic heterocycles. The lowest BCUT2D eigenvalue weighted by atomic mass is 10.4.